The molecular formula is C14H16O3. The Morgan fingerprint density at radius 3 is 2.76 bits per heavy atom. The van der Waals surface area contributed by atoms with Gasteiger partial charge in [-0.15, -0.1) is 0 Å². The second kappa shape index (κ2) is 6.63. The van der Waals surface area contributed by atoms with E-state index in [1.54, 1.807) is 13.0 Å². The van der Waals surface area contributed by atoms with Gasteiger partial charge in [0.25, 0.3) is 0 Å². The van der Waals surface area contributed by atoms with Gasteiger partial charge in [-0.2, -0.15) is 0 Å². The maximum absolute atomic E-state index is 11.4. The first-order valence-electron chi connectivity index (χ1n) is 5.55. The zero-order valence-corrected chi connectivity index (χ0v) is 10.1. The van der Waals surface area contributed by atoms with E-state index in [1.165, 1.54) is 6.08 Å². The third-order valence-electron chi connectivity index (χ3n) is 2.13. The monoisotopic (exact) mass is 232 g/mol. The summed E-state index contributed by atoms with van der Waals surface area (Å²) in [5.74, 6) is -0.726. The van der Waals surface area contributed by atoms with Crippen LogP contribution < -0.4 is 0 Å². The predicted octanol–water partition coefficient (Wildman–Crippen LogP) is 2.53. The Hall–Kier alpha value is -1.90. The second-order valence-corrected chi connectivity index (χ2v) is 3.70. The molecule has 0 aliphatic rings. The van der Waals surface area contributed by atoms with Gasteiger partial charge >= 0.3 is 5.97 Å². The van der Waals surface area contributed by atoms with Crippen molar-refractivity contribution in [3.8, 4) is 0 Å². The molecule has 0 bridgehead atoms. The molecule has 17 heavy (non-hydrogen) atoms. The number of rotatable bonds is 5. The van der Waals surface area contributed by atoms with Gasteiger partial charge in [-0.25, -0.2) is 0 Å². The minimum Gasteiger partial charge on any atom is -0.466 e. The number of esters is 1. The summed E-state index contributed by atoms with van der Waals surface area (Å²) in [6.07, 6.45) is 2.91. The van der Waals surface area contributed by atoms with E-state index >= 15 is 0 Å². The Kier molecular flexibility index (Phi) is 5.14. The van der Waals surface area contributed by atoms with Crippen LogP contribution in [0.2, 0.25) is 0 Å². The highest BCUT2D eigenvalue weighted by Gasteiger charge is 2.06. The number of carbonyl (C=O) groups is 2. The smallest absolute Gasteiger partial charge is 0.313 e. The molecule has 1 rings (SSSR count). The van der Waals surface area contributed by atoms with Gasteiger partial charge < -0.3 is 4.74 Å². The number of benzene rings is 1. The highest BCUT2D eigenvalue weighted by molar-refractivity contribution is 6.03. The van der Waals surface area contributed by atoms with Gasteiger partial charge in [-0.3, -0.25) is 9.59 Å². The highest BCUT2D eigenvalue weighted by atomic mass is 16.5. The van der Waals surface area contributed by atoms with Crippen molar-refractivity contribution in [1.29, 1.82) is 0 Å². The second-order valence-electron chi connectivity index (χ2n) is 3.70. The van der Waals surface area contributed by atoms with Crippen LogP contribution in [0.25, 0.3) is 6.08 Å². The van der Waals surface area contributed by atoms with Crippen molar-refractivity contribution in [2.45, 2.75) is 20.3 Å². The molecular weight excluding hydrogens is 216 g/mol. The molecule has 0 aromatic heterocycles. The fourth-order valence-electron chi connectivity index (χ4n) is 1.38. The number of ketones is 1. The standard InChI is InChI=1S/C14H16O3/c1-3-17-14(16)10-13(15)8-7-12-6-4-5-11(2)9-12/h4-9H,3,10H2,1-2H3/b8-7+. The summed E-state index contributed by atoms with van der Waals surface area (Å²) in [4.78, 5) is 22.4. The molecule has 0 unspecified atom stereocenters. The molecule has 3 heteroatoms. The lowest BCUT2D eigenvalue weighted by Gasteiger charge is -1.98. The Morgan fingerprint density at radius 1 is 1.35 bits per heavy atom. The van der Waals surface area contributed by atoms with Gasteiger partial charge in [0.05, 0.1) is 6.61 Å². The molecule has 0 atom stereocenters. The zero-order chi connectivity index (χ0) is 12.7. The van der Waals surface area contributed by atoms with Crippen molar-refractivity contribution in [2.24, 2.45) is 0 Å². The molecule has 0 fully saturated rings. The normalized spacial score (nSPS) is 10.5. The summed E-state index contributed by atoms with van der Waals surface area (Å²) >= 11 is 0. The van der Waals surface area contributed by atoms with E-state index in [-0.39, 0.29) is 12.2 Å². The van der Waals surface area contributed by atoms with Crippen molar-refractivity contribution in [3.05, 3.63) is 41.5 Å². The first-order chi connectivity index (χ1) is 8.11. The summed E-state index contributed by atoms with van der Waals surface area (Å²) in [6, 6.07) is 7.78. The fraction of sp³-hybridized carbons (Fsp3) is 0.286. The van der Waals surface area contributed by atoms with Crippen LogP contribution in [-0.2, 0) is 14.3 Å². The topological polar surface area (TPSA) is 43.4 Å². The van der Waals surface area contributed by atoms with Crippen LogP contribution in [0.4, 0.5) is 0 Å². The first kappa shape index (κ1) is 13.2. The Balaban J connectivity index is 2.53. The number of hydrogen-bond donors (Lipinski definition) is 0. The van der Waals surface area contributed by atoms with Gasteiger partial charge in [0.15, 0.2) is 5.78 Å². The van der Waals surface area contributed by atoms with Crippen LogP contribution in [0.3, 0.4) is 0 Å². The van der Waals surface area contributed by atoms with Gasteiger partial charge in [0, 0.05) is 0 Å². The molecule has 0 aliphatic heterocycles. The molecule has 0 N–H and O–H groups in total. The van der Waals surface area contributed by atoms with E-state index in [0.29, 0.717) is 6.61 Å². The summed E-state index contributed by atoms with van der Waals surface area (Å²) in [5.41, 5.74) is 2.08. The quantitative estimate of drug-likeness (QED) is 0.445. The molecule has 3 nitrogen and oxygen atoms in total. The lowest BCUT2D eigenvalue weighted by atomic mass is 10.1. The van der Waals surface area contributed by atoms with Crippen molar-refractivity contribution in [3.63, 3.8) is 0 Å². The number of aryl methyl sites for hydroxylation is 1. The molecule has 0 spiro atoms. The van der Waals surface area contributed by atoms with E-state index in [0.717, 1.165) is 11.1 Å². The van der Waals surface area contributed by atoms with Crippen molar-refractivity contribution < 1.29 is 14.3 Å². The van der Waals surface area contributed by atoms with Gasteiger partial charge in [0.2, 0.25) is 0 Å². The molecule has 90 valence electrons. The van der Waals surface area contributed by atoms with Crippen molar-refractivity contribution >= 4 is 17.8 Å². The van der Waals surface area contributed by atoms with Gasteiger partial charge in [-0.1, -0.05) is 35.9 Å². The lowest BCUT2D eigenvalue weighted by Crippen LogP contribution is -2.08. The van der Waals surface area contributed by atoms with Crippen LogP contribution in [0.1, 0.15) is 24.5 Å². The van der Waals surface area contributed by atoms with Crippen LogP contribution >= 0.6 is 0 Å². The van der Waals surface area contributed by atoms with Crippen LogP contribution in [0, 0.1) is 6.92 Å². The minimum absolute atomic E-state index is 0.198. The molecule has 0 saturated carbocycles. The molecule has 0 radical (unpaired) electrons. The van der Waals surface area contributed by atoms with Gasteiger partial charge in [-0.05, 0) is 25.5 Å². The molecule has 0 saturated heterocycles. The Morgan fingerprint density at radius 2 is 2.12 bits per heavy atom. The van der Waals surface area contributed by atoms with Gasteiger partial charge in [0.1, 0.15) is 6.42 Å². The third kappa shape index (κ3) is 5.11. The van der Waals surface area contributed by atoms with Crippen LogP contribution in [-0.4, -0.2) is 18.4 Å². The Labute approximate surface area is 101 Å². The Bertz CT molecular complexity index is 433. The average molecular weight is 232 g/mol. The SMILES string of the molecule is CCOC(=O)CC(=O)/C=C/c1cccc(C)c1. The largest absolute Gasteiger partial charge is 0.466 e. The van der Waals surface area contributed by atoms with E-state index in [2.05, 4.69) is 0 Å². The maximum atomic E-state index is 11.4. The fourth-order valence-corrected chi connectivity index (χ4v) is 1.38. The van der Waals surface area contributed by atoms with Crippen molar-refractivity contribution in [1.82, 2.24) is 0 Å². The average Bonchev–Trinajstić information content (AvgIpc) is 2.27. The molecule has 0 aliphatic carbocycles. The third-order valence-corrected chi connectivity index (χ3v) is 2.13. The van der Waals surface area contributed by atoms with E-state index in [9.17, 15) is 9.59 Å². The molecule has 0 amide bonds. The summed E-state index contributed by atoms with van der Waals surface area (Å²) in [7, 11) is 0. The van der Waals surface area contributed by atoms with E-state index in [1.807, 2.05) is 31.2 Å². The van der Waals surface area contributed by atoms with Crippen LogP contribution in [0.15, 0.2) is 30.3 Å². The maximum Gasteiger partial charge on any atom is 0.313 e. The highest BCUT2D eigenvalue weighted by Crippen LogP contribution is 2.06. The molecule has 0 heterocycles. The lowest BCUT2D eigenvalue weighted by molar-refractivity contribution is -0.144. The first-order valence-corrected chi connectivity index (χ1v) is 5.55. The minimum atomic E-state index is -0.480. The molecule has 1 aromatic carbocycles. The summed E-state index contributed by atoms with van der Waals surface area (Å²) in [5, 5.41) is 0. The molecule has 1 aromatic rings. The zero-order valence-electron chi connectivity index (χ0n) is 10.1. The summed E-state index contributed by atoms with van der Waals surface area (Å²) in [6.45, 7) is 4.00. The number of allylic oxidation sites excluding steroid dienone is 1. The number of ether oxygens (including phenoxy) is 1. The summed E-state index contributed by atoms with van der Waals surface area (Å²) < 4.78 is 4.69. The van der Waals surface area contributed by atoms with E-state index in [4.69, 9.17) is 4.74 Å². The van der Waals surface area contributed by atoms with Crippen molar-refractivity contribution in [2.75, 3.05) is 6.61 Å². The number of hydrogen-bond acceptors (Lipinski definition) is 3. The number of carbonyl (C=O) groups excluding carboxylic acids is 2. The predicted molar refractivity (Wildman–Crippen MR) is 66.5 cm³/mol. The van der Waals surface area contributed by atoms with Crippen LogP contribution in [0.5, 0.6) is 0 Å². The van der Waals surface area contributed by atoms with E-state index < -0.39 is 5.97 Å².